The van der Waals surface area contributed by atoms with Gasteiger partial charge in [-0.3, -0.25) is 14.9 Å². The van der Waals surface area contributed by atoms with Crippen LogP contribution in [-0.4, -0.2) is 10.8 Å². The van der Waals surface area contributed by atoms with Crippen molar-refractivity contribution in [1.29, 1.82) is 0 Å². The van der Waals surface area contributed by atoms with Crippen LogP contribution in [0.4, 0.5) is 5.69 Å². The number of nitro groups is 1. The Kier molecular flexibility index (Phi) is 3.22. The third-order valence-electron chi connectivity index (χ3n) is 2.64. The number of rotatable bonds is 2. The maximum absolute atomic E-state index is 11.1. The third-order valence-corrected chi connectivity index (χ3v) is 3.36. The highest BCUT2D eigenvalue weighted by atomic mass is 35.5. The number of carbonyl (C=O) groups is 1. The highest BCUT2D eigenvalue weighted by molar-refractivity contribution is 6.42. The average Bonchev–Trinajstić information content (AvgIpc) is 2.68. The van der Waals surface area contributed by atoms with Crippen LogP contribution in [0.25, 0.3) is 0 Å². The number of carbonyl (C=O) groups excluding carboxylic acids is 1. The van der Waals surface area contributed by atoms with E-state index in [-0.39, 0.29) is 27.7 Å². The molecular weight excluding hydrogens is 267 g/mol. The molecule has 1 N–H and O–H groups in total. The minimum Gasteiger partial charge on any atom is -0.349 e. The largest absolute Gasteiger partial charge is 0.349 e. The molecule has 1 unspecified atom stereocenters. The fourth-order valence-corrected chi connectivity index (χ4v) is 2.17. The molecule has 1 aliphatic rings. The second kappa shape index (κ2) is 4.50. The zero-order valence-electron chi connectivity index (χ0n) is 8.57. The molecule has 0 aromatic heterocycles. The van der Waals surface area contributed by atoms with Crippen LogP contribution in [0.5, 0.6) is 0 Å². The Morgan fingerprint density at radius 3 is 2.53 bits per heavy atom. The van der Waals surface area contributed by atoms with Crippen molar-refractivity contribution in [2.24, 2.45) is 0 Å². The number of hydrogen-bond acceptors (Lipinski definition) is 3. The third kappa shape index (κ3) is 2.35. The van der Waals surface area contributed by atoms with E-state index in [2.05, 4.69) is 5.32 Å². The summed E-state index contributed by atoms with van der Waals surface area (Å²) in [5, 5.41) is 14.0. The lowest BCUT2D eigenvalue weighted by Crippen LogP contribution is -2.19. The highest BCUT2D eigenvalue weighted by Gasteiger charge is 2.29. The van der Waals surface area contributed by atoms with Gasteiger partial charge in [-0.25, -0.2) is 0 Å². The highest BCUT2D eigenvalue weighted by Crippen LogP contribution is 2.36. The van der Waals surface area contributed by atoms with Crippen LogP contribution in [0.2, 0.25) is 10.0 Å². The summed E-state index contributed by atoms with van der Waals surface area (Å²) >= 11 is 11.6. The molecule has 1 fully saturated rings. The maximum atomic E-state index is 11.1. The molecule has 90 valence electrons. The molecule has 1 amide bonds. The monoisotopic (exact) mass is 274 g/mol. The van der Waals surface area contributed by atoms with Gasteiger partial charge in [0.05, 0.1) is 26.6 Å². The molecule has 1 aliphatic heterocycles. The Balaban J connectivity index is 2.47. The Labute approximate surface area is 107 Å². The summed E-state index contributed by atoms with van der Waals surface area (Å²) in [7, 11) is 0. The van der Waals surface area contributed by atoms with E-state index >= 15 is 0 Å². The van der Waals surface area contributed by atoms with Crippen molar-refractivity contribution in [3.8, 4) is 0 Å². The predicted molar refractivity (Wildman–Crippen MR) is 63.2 cm³/mol. The molecule has 7 heteroatoms. The van der Waals surface area contributed by atoms with Gasteiger partial charge in [0.25, 0.3) is 5.69 Å². The number of benzene rings is 1. The molecule has 1 aromatic rings. The molecule has 1 saturated heterocycles. The summed E-state index contributed by atoms with van der Waals surface area (Å²) in [6.45, 7) is 0. The lowest BCUT2D eigenvalue weighted by Gasteiger charge is -2.11. The van der Waals surface area contributed by atoms with E-state index in [1.165, 1.54) is 12.1 Å². The average molecular weight is 275 g/mol. The summed E-state index contributed by atoms with van der Waals surface area (Å²) in [5.74, 6) is -0.115. The van der Waals surface area contributed by atoms with Crippen LogP contribution in [0.15, 0.2) is 12.1 Å². The number of nitro benzene ring substituents is 1. The summed E-state index contributed by atoms with van der Waals surface area (Å²) in [4.78, 5) is 21.5. The Bertz CT molecular complexity index is 505. The smallest absolute Gasteiger partial charge is 0.276 e. The van der Waals surface area contributed by atoms with Crippen molar-refractivity contribution in [2.45, 2.75) is 18.9 Å². The van der Waals surface area contributed by atoms with E-state index in [4.69, 9.17) is 23.2 Å². The van der Waals surface area contributed by atoms with Crippen molar-refractivity contribution in [2.75, 3.05) is 0 Å². The van der Waals surface area contributed by atoms with Crippen LogP contribution in [-0.2, 0) is 4.79 Å². The first-order chi connectivity index (χ1) is 7.99. The minimum absolute atomic E-state index is 0.115. The maximum Gasteiger partial charge on any atom is 0.276 e. The van der Waals surface area contributed by atoms with Crippen LogP contribution in [0.1, 0.15) is 24.4 Å². The molecule has 1 aromatic carbocycles. The fraction of sp³-hybridized carbons (Fsp3) is 0.300. The van der Waals surface area contributed by atoms with E-state index in [1.54, 1.807) is 0 Å². The van der Waals surface area contributed by atoms with Crippen LogP contribution >= 0.6 is 23.2 Å². The van der Waals surface area contributed by atoms with E-state index in [9.17, 15) is 14.9 Å². The van der Waals surface area contributed by atoms with Gasteiger partial charge in [0.15, 0.2) is 0 Å². The molecular formula is C10H8Cl2N2O3. The quantitative estimate of drug-likeness (QED) is 0.666. The van der Waals surface area contributed by atoms with Crippen LogP contribution in [0.3, 0.4) is 0 Å². The van der Waals surface area contributed by atoms with Gasteiger partial charge >= 0.3 is 0 Å². The first-order valence-corrected chi connectivity index (χ1v) is 5.67. The zero-order valence-corrected chi connectivity index (χ0v) is 10.1. The van der Waals surface area contributed by atoms with Crippen molar-refractivity contribution in [1.82, 2.24) is 5.32 Å². The summed E-state index contributed by atoms with van der Waals surface area (Å²) in [6, 6.07) is 2.29. The van der Waals surface area contributed by atoms with Gasteiger partial charge in [-0.15, -0.1) is 0 Å². The van der Waals surface area contributed by atoms with Gasteiger partial charge in [-0.05, 0) is 12.5 Å². The number of nitrogens with zero attached hydrogens (tertiary/aromatic N) is 1. The molecule has 0 saturated carbocycles. The Morgan fingerprint density at radius 1 is 1.35 bits per heavy atom. The fourth-order valence-electron chi connectivity index (χ4n) is 1.84. The molecule has 0 bridgehead atoms. The number of nitrogens with one attached hydrogen (secondary N) is 1. The minimum atomic E-state index is -0.526. The van der Waals surface area contributed by atoms with Gasteiger partial charge < -0.3 is 5.32 Å². The molecule has 1 heterocycles. The standard InChI is InChI=1S/C10H8Cl2N2O3/c11-6-3-5(8-1-2-10(15)13-8)9(14(16)17)4-7(6)12/h3-4,8H,1-2H2,(H,13,15). The lowest BCUT2D eigenvalue weighted by atomic mass is 10.0. The first kappa shape index (κ1) is 12.1. The van der Waals surface area contributed by atoms with E-state index in [1.807, 2.05) is 0 Å². The van der Waals surface area contributed by atoms with Gasteiger partial charge in [0.1, 0.15) is 0 Å². The van der Waals surface area contributed by atoms with Crippen molar-refractivity contribution < 1.29 is 9.72 Å². The SMILES string of the molecule is O=C1CCC(c2cc(Cl)c(Cl)cc2[N+](=O)[O-])N1. The number of halogens is 2. The van der Waals surface area contributed by atoms with E-state index in [0.717, 1.165) is 0 Å². The summed E-state index contributed by atoms with van der Waals surface area (Å²) in [6.07, 6.45) is 0.889. The van der Waals surface area contributed by atoms with E-state index < -0.39 is 4.92 Å². The Hall–Kier alpha value is -1.33. The van der Waals surface area contributed by atoms with Gasteiger partial charge in [0.2, 0.25) is 5.91 Å². The molecule has 5 nitrogen and oxygen atoms in total. The van der Waals surface area contributed by atoms with Gasteiger partial charge in [0, 0.05) is 12.5 Å². The first-order valence-electron chi connectivity index (χ1n) is 4.91. The second-order valence-corrected chi connectivity index (χ2v) is 4.56. The number of hydrogen-bond donors (Lipinski definition) is 1. The molecule has 17 heavy (non-hydrogen) atoms. The van der Waals surface area contributed by atoms with Crippen LogP contribution in [0, 0.1) is 10.1 Å². The van der Waals surface area contributed by atoms with Crippen molar-refractivity contribution >= 4 is 34.8 Å². The second-order valence-electron chi connectivity index (χ2n) is 3.74. The molecule has 2 rings (SSSR count). The van der Waals surface area contributed by atoms with Crippen molar-refractivity contribution in [3.63, 3.8) is 0 Å². The van der Waals surface area contributed by atoms with Crippen LogP contribution < -0.4 is 5.32 Å². The zero-order chi connectivity index (χ0) is 12.6. The predicted octanol–water partition coefficient (Wildman–Crippen LogP) is 2.85. The summed E-state index contributed by atoms with van der Waals surface area (Å²) < 4.78 is 0. The summed E-state index contributed by atoms with van der Waals surface area (Å²) in [5.41, 5.74) is 0.279. The molecule has 0 spiro atoms. The topological polar surface area (TPSA) is 72.2 Å². The normalized spacial score (nSPS) is 19.2. The molecule has 0 aliphatic carbocycles. The van der Waals surface area contributed by atoms with E-state index in [0.29, 0.717) is 18.4 Å². The van der Waals surface area contributed by atoms with Gasteiger partial charge in [-0.1, -0.05) is 23.2 Å². The van der Waals surface area contributed by atoms with Crippen molar-refractivity contribution in [3.05, 3.63) is 37.9 Å². The molecule has 0 radical (unpaired) electrons. The van der Waals surface area contributed by atoms with Gasteiger partial charge in [-0.2, -0.15) is 0 Å². The Morgan fingerprint density at radius 2 is 2.00 bits per heavy atom. The molecule has 1 atom stereocenters. The number of amides is 1. The lowest BCUT2D eigenvalue weighted by molar-refractivity contribution is -0.385.